The molecule has 32 heavy (non-hydrogen) atoms. The van der Waals surface area contributed by atoms with Crippen molar-refractivity contribution in [2.75, 3.05) is 19.0 Å². The van der Waals surface area contributed by atoms with Crippen LogP contribution >= 0.6 is 0 Å². The van der Waals surface area contributed by atoms with E-state index in [4.69, 9.17) is 9.47 Å². The normalized spacial score (nSPS) is 20.8. The Morgan fingerprint density at radius 1 is 1.09 bits per heavy atom. The van der Waals surface area contributed by atoms with E-state index in [-0.39, 0.29) is 25.0 Å². The maximum absolute atomic E-state index is 12.4. The Hall–Kier alpha value is -3.36. The van der Waals surface area contributed by atoms with Crippen molar-refractivity contribution < 1.29 is 24.2 Å². The number of ether oxygens (including phenoxy) is 2. The van der Waals surface area contributed by atoms with Gasteiger partial charge in [0, 0.05) is 0 Å². The van der Waals surface area contributed by atoms with Crippen molar-refractivity contribution in [1.29, 1.82) is 0 Å². The average molecular weight is 440 g/mol. The first-order valence-corrected chi connectivity index (χ1v) is 10.5. The lowest BCUT2D eigenvalue weighted by molar-refractivity contribution is -0.125. The summed E-state index contributed by atoms with van der Waals surface area (Å²) in [6.07, 6.45) is 2.42. The van der Waals surface area contributed by atoms with Crippen LogP contribution in [0.5, 0.6) is 5.75 Å². The average Bonchev–Trinajstić information content (AvgIpc) is 2.80. The second kappa shape index (κ2) is 11.3. The number of benzene rings is 2. The molecule has 0 bridgehead atoms. The molecular weight excluding hydrogens is 410 g/mol. The van der Waals surface area contributed by atoms with E-state index in [0.29, 0.717) is 11.4 Å². The number of nitrogens with one attached hydrogen (secondary N) is 3. The number of carbonyl (C=O) groups excluding carboxylic acids is 2. The summed E-state index contributed by atoms with van der Waals surface area (Å²) in [4.78, 5) is 24.8. The van der Waals surface area contributed by atoms with Gasteiger partial charge in [0.05, 0.1) is 44.0 Å². The van der Waals surface area contributed by atoms with Gasteiger partial charge in [-0.25, -0.2) is 4.79 Å². The first kappa shape index (κ1) is 23.3. The second-order valence-electron chi connectivity index (χ2n) is 7.51. The number of urea groups is 1. The number of carbonyl (C=O) groups is 2. The lowest BCUT2D eigenvalue weighted by Gasteiger charge is -2.32. The number of aliphatic hydroxyl groups excluding tert-OH is 1. The molecule has 2 aromatic carbocycles. The second-order valence-corrected chi connectivity index (χ2v) is 7.51. The van der Waals surface area contributed by atoms with Crippen LogP contribution in [-0.4, -0.2) is 49.0 Å². The highest BCUT2D eigenvalue weighted by Gasteiger charge is 2.29. The van der Waals surface area contributed by atoms with Crippen LogP contribution in [0.25, 0.3) is 0 Å². The molecule has 1 heterocycles. The number of methoxy groups -OCH3 is 1. The Kier molecular flexibility index (Phi) is 8.24. The molecule has 0 fully saturated rings. The van der Waals surface area contributed by atoms with Gasteiger partial charge in [-0.15, -0.1) is 0 Å². The van der Waals surface area contributed by atoms with E-state index in [1.807, 2.05) is 37.3 Å². The highest BCUT2D eigenvalue weighted by Crippen LogP contribution is 2.23. The molecule has 3 amide bonds. The molecule has 0 unspecified atom stereocenters. The molecule has 170 valence electrons. The summed E-state index contributed by atoms with van der Waals surface area (Å²) in [5.74, 6) is 0.376. The molecule has 0 aliphatic carbocycles. The topological polar surface area (TPSA) is 109 Å². The minimum Gasteiger partial charge on any atom is -0.495 e. The zero-order valence-electron chi connectivity index (χ0n) is 18.2. The molecule has 8 heteroatoms. The number of anilines is 1. The van der Waals surface area contributed by atoms with E-state index in [9.17, 15) is 14.7 Å². The lowest BCUT2D eigenvalue weighted by Crippen LogP contribution is -2.50. The molecule has 3 rings (SSSR count). The zero-order valence-corrected chi connectivity index (χ0v) is 18.2. The predicted octanol–water partition coefficient (Wildman–Crippen LogP) is 2.77. The van der Waals surface area contributed by atoms with Gasteiger partial charge in [0.2, 0.25) is 5.91 Å². The quantitative estimate of drug-likeness (QED) is 0.473. The molecule has 1 aliphatic heterocycles. The molecule has 0 saturated carbocycles. The third-order valence-corrected chi connectivity index (χ3v) is 5.18. The van der Waals surface area contributed by atoms with Gasteiger partial charge in [-0.3, -0.25) is 4.79 Å². The lowest BCUT2D eigenvalue weighted by atomic mass is 10.0. The fraction of sp³-hybridized carbons (Fsp3) is 0.333. The van der Waals surface area contributed by atoms with E-state index < -0.39 is 24.3 Å². The molecule has 4 atom stereocenters. The van der Waals surface area contributed by atoms with Gasteiger partial charge < -0.3 is 30.5 Å². The maximum Gasteiger partial charge on any atom is 0.319 e. The van der Waals surface area contributed by atoms with Crippen LogP contribution in [-0.2, 0) is 9.53 Å². The number of hydrogen-bond donors (Lipinski definition) is 4. The monoisotopic (exact) mass is 439 g/mol. The van der Waals surface area contributed by atoms with Gasteiger partial charge in [-0.2, -0.15) is 0 Å². The molecule has 0 spiro atoms. The van der Waals surface area contributed by atoms with Gasteiger partial charge in [0.15, 0.2) is 0 Å². The first-order chi connectivity index (χ1) is 15.5. The minimum absolute atomic E-state index is 0.115. The molecule has 0 radical (unpaired) electrons. The van der Waals surface area contributed by atoms with Crippen LogP contribution in [0.2, 0.25) is 0 Å². The third kappa shape index (κ3) is 6.32. The van der Waals surface area contributed by atoms with Crippen LogP contribution in [0.3, 0.4) is 0 Å². The van der Waals surface area contributed by atoms with Crippen molar-refractivity contribution in [2.45, 2.75) is 37.6 Å². The number of amides is 3. The summed E-state index contributed by atoms with van der Waals surface area (Å²) < 4.78 is 11.1. The molecule has 2 aromatic rings. The summed E-state index contributed by atoms with van der Waals surface area (Å²) in [6.45, 7) is 1.62. The van der Waals surface area contributed by atoms with Crippen LogP contribution in [0, 0.1) is 0 Å². The molecule has 1 aliphatic rings. The van der Waals surface area contributed by atoms with Crippen molar-refractivity contribution in [3.05, 3.63) is 72.3 Å². The Bertz CT molecular complexity index is 934. The third-order valence-electron chi connectivity index (χ3n) is 5.18. The van der Waals surface area contributed by atoms with E-state index >= 15 is 0 Å². The Morgan fingerprint density at radius 3 is 2.53 bits per heavy atom. The van der Waals surface area contributed by atoms with E-state index in [2.05, 4.69) is 16.0 Å². The van der Waals surface area contributed by atoms with E-state index in [1.165, 1.54) is 7.11 Å². The Morgan fingerprint density at radius 2 is 1.81 bits per heavy atom. The van der Waals surface area contributed by atoms with Crippen molar-refractivity contribution in [1.82, 2.24) is 10.6 Å². The van der Waals surface area contributed by atoms with Crippen LogP contribution in [0.4, 0.5) is 10.5 Å². The standard InChI is InChI=1S/C24H29N3O5/c1-16(17-8-4-3-5-9-17)25-23(29)14-18-12-13-20(22(15-28)32-18)27-24(30)26-19-10-6-7-11-21(19)31-2/h3-13,16,18,20,22,28H,14-15H2,1-2H3,(H,25,29)(H2,26,27,30)/t16-,18-,20-,22+/m0/s1. The SMILES string of the molecule is COc1ccccc1NC(=O)N[C@H]1C=C[C@@H](CC(=O)N[C@@H](C)c2ccccc2)O[C@@H]1CO. The van der Waals surface area contributed by atoms with Crippen molar-refractivity contribution in [3.63, 3.8) is 0 Å². The van der Waals surface area contributed by atoms with Gasteiger partial charge in [0.25, 0.3) is 0 Å². The van der Waals surface area contributed by atoms with Gasteiger partial charge in [0.1, 0.15) is 11.9 Å². The first-order valence-electron chi connectivity index (χ1n) is 10.5. The fourth-order valence-electron chi connectivity index (χ4n) is 3.50. The molecular formula is C24H29N3O5. The summed E-state index contributed by atoms with van der Waals surface area (Å²) in [5, 5.41) is 18.2. The smallest absolute Gasteiger partial charge is 0.319 e. The summed E-state index contributed by atoms with van der Waals surface area (Å²) >= 11 is 0. The van der Waals surface area contributed by atoms with Crippen LogP contribution in [0.1, 0.15) is 24.9 Å². The summed E-state index contributed by atoms with van der Waals surface area (Å²) in [6, 6.07) is 15.6. The largest absolute Gasteiger partial charge is 0.495 e. The highest BCUT2D eigenvalue weighted by atomic mass is 16.5. The number of rotatable bonds is 8. The number of aliphatic hydroxyl groups is 1. The Balaban J connectivity index is 1.53. The minimum atomic E-state index is -0.673. The molecule has 0 saturated heterocycles. The zero-order chi connectivity index (χ0) is 22.9. The van der Waals surface area contributed by atoms with Gasteiger partial charge in [-0.1, -0.05) is 54.6 Å². The van der Waals surface area contributed by atoms with E-state index in [1.54, 1.807) is 36.4 Å². The predicted molar refractivity (Wildman–Crippen MR) is 121 cm³/mol. The van der Waals surface area contributed by atoms with Gasteiger partial charge in [-0.05, 0) is 24.6 Å². The van der Waals surface area contributed by atoms with Crippen molar-refractivity contribution >= 4 is 17.6 Å². The molecule has 8 nitrogen and oxygen atoms in total. The van der Waals surface area contributed by atoms with Crippen molar-refractivity contribution in [2.24, 2.45) is 0 Å². The summed E-state index contributed by atoms with van der Waals surface area (Å²) in [5.41, 5.74) is 1.54. The Labute approximate surface area is 187 Å². The number of hydrogen-bond acceptors (Lipinski definition) is 5. The molecule has 4 N–H and O–H groups in total. The van der Waals surface area contributed by atoms with Gasteiger partial charge >= 0.3 is 6.03 Å². The van der Waals surface area contributed by atoms with E-state index in [0.717, 1.165) is 5.56 Å². The van der Waals surface area contributed by atoms with Crippen LogP contribution < -0.4 is 20.7 Å². The number of para-hydroxylation sites is 2. The van der Waals surface area contributed by atoms with Crippen LogP contribution in [0.15, 0.2) is 66.7 Å². The summed E-state index contributed by atoms with van der Waals surface area (Å²) in [7, 11) is 1.52. The van der Waals surface area contributed by atoms with Crippen molar-refractivity contribution in [3.8, 4) is 5.75 Å². The molecule has 0 aromatic heterocycles. The highest BCUT2D eigenvalue weighted by molar-refractivity contribution is 5.91. The fourth-order valence-corrected chi connectivity index (χ4v) is 3.50. The maximum atomic E-state index is 12.4.